The Hall–Kier alpha value is -0.900. The van der Waals surface area contributed by atoms with Crippen LogP contribution < -0.4 is 0 Å². The number of rotatable bonds is 8. The zero-order valence-electron chi connectivity index (χ0n) is 10.5. The molecular weight excluding hydrogens is 209 g/mol. The summed E-state index contributed by atoms with van der Waals surface area (Å²) in [6.07, 6.45) is 7.56. The molecule has 0 aromatic carbocycles. The summed E-state index contributed by atoms with van der Waals surface area (Å²) in [5, 5.41) is 0.878. The molecule has 0 unspecified atom stereocenters. The third kappa shape index (κ3) is 6.56. The second-order valence-electron chi connectivity index (χ2n) is 3.74. The zero-order chi connectivity index (χ0) is 12.4. The molecule has 0 aliphatic heterocycles. The van der Waals surface area contributed by atoms with E-state index in [1.807, 2.05) is 0 Å². The number of nitrogens with zero attached hydrogens (tertiary/aromatic N) is 1. The van der Waals surface area contributed by atoms with Crippen LogP contribution in [-0.4, -0.2) is 25.1 Å². The van der Waals surface area contributed by atoms with Gasteiger partial charge in [-0.1, -0.05) is 32.6 Å². The molecule has 0 N–H and O–H groups in total. The number of hydrogen-bond acceptors (Lipinski definition) is 2. The maximum absolute atomic E-state index is 13.2. The first-order valence-corrected chi connectivity index (χ1v) is 5.81. The van der Waals surface area contributed by atoms with Crippen LogP contribution in [0.4, 0.5) is 4.39 Å². The predicted octanol–water partition coefficient (Wildman–Crippen LogP) is 3.22. The first kappa shape index (κ1) is 15.1. The number of amides is 1. The molecule has 0 rings (SSSR count). The molecule has 0 heterocycles. The monoisotopic (exact) mass is 231 g/mol. The number of allylic oxidation sites excluding steroid dienone is 1. The second-order valence-corrected chi connectivity index (χ2v) is 3.74. The molecule has 0 spiro atoms. The summed E-state index contributed by atoms with van der Waals surface area (Å²) in [5.74, 6) is -1.46. The van der Waals surface area contributed by atoms with Gasteiger partial charge in [-0.2, -0.15) is 0 Å². The van der Waals surface area contributed by atoms with Crippen molar-refractivity contribution in [1.82, 2.24) is 5.06 Å². The smallest absolute Gasteiger partial charge is 0.274 e. The molecule has 0 fully saturated rings. The summed E-state index contributed by atoms with van der Waals surface area (Å²) < 4.78 is 13.2. The summed E-state index contributed by atoms with van der Waals surface area (Å²) >= 11 is 0. The van der Waals surface area contributed by atoms with Crippen molar-refractivity contribution in [3.63, 3.8) is 0 Å². The molecule has 0 saturated carbocycles. The maximum Gasteiger partial charge on any atom is 0.305 e. The Kier molecular flexibility index (Phi) is 8.81. The van der Waals surface area contributed by atoms with E-state index in [1.54, 1.807) is 0 Å². The Balaban J connectivity index is 3.74. The van der Waals surface area contributed by atoms with E-state index in [0.717, 1.165) is 17.9 Å². The molecule has 0 saturated heterocycles. The van der Waals surface area contributed by atoms with Gasteiger partial charge in [-0.15, -0.1) is 0 Å². The fourth-order valence-corrected chi connectivity index (χ4v) is 1.30. The van der Waals surface area contributed by atoms with Crippen molar-refractivity contribution in [2.75, 3.05) is 14.2 Å². The molecule has 94 valence electrons. The van der Waals surface area contributed by atoms with E-state index in [1.165, 1.54) is 39.5 Å². The van der Waals surface area contributed by atoms with Crippen LogP contribution >= 0.6 is 0 Å². The lowest BCUT2D eigenvalue weighted by Crippen LogP contribution is -2.25. The van der Waals surface area contributed by atoms with Gasteiger partial charge in [0.2, 0.25) is 0 Å². The molecule has 3 nitrogen and oxygen atoms in total. The number of halogens is 1. The minimum Gasteiger partial charge on any atom is -0.274 e. The van der Waals surface area contributed by atoms with Crippen molar-refractivity contribution in [2.24, 2.45) is 0 Å². The standard InChI is InChI=1S/C12H22FNO2/c1-4-5-6-7-8-9-10-11(13)12(15)14(2)16-3/h10H,4-9H2,1-3H3/b11-10+. The van der Waals surface area contributed by atoms with E-state index in [9.17, 15) is 9.18 Å². The zero-order valence-corrected chi connectivity index (χ0v) is 10.5. The second kappa shape index (κ2) is 9.33. The maximum atomic E-state index is 13.2. The van der Waals surface area contributed by atoms with Crippen molar-refractivity contribution in [1.29, 1.82) is 0 Å². The molecule has 0 aromatic heterocycles. The van der Waals surface area contributed by atoms with Crippen LogP contribution in [0.1, 0.15) is 45.4 Å². The Bertz CT molecular complexity index is 229. The molecule has 0 bridgehead atoms. The Labute approximate surface area is 97.2 Å². The van der Waals surface area contributed by atoms with Crippen molar-refractivity contribution < 1.29 is 14.0 Å². The third-order valence-corrected chi connectivity index (χ3v) is 2.40. The number of carbonyl (C=O) groups is 1. The van der Waals surface area contributed by atoms with Crippen LogP contribution in [0, 0.1) is 0 Å². The largest absolute Gasteiger partial charge is 0.305 e. The van der Waals surface area contributed by atoms with E-state index >= 15 is 0 Å². The summed E-state index contributed by atoms with van der Waals surface area (Å²) in [5.41, 5.74) is 0. The highest BCUT2D eigenvalue weighted by Gasteiger charge is 2.13. The van der Waals surface area contributed by atoms with Gasteiger partial charge in [-0.25, -0.2) is 9.45 Å². The minimum absolute atomic E-state index is 0.610. The van der Waals surface area contributed by atoms with Crippen LogP contribution in [-0.2, 0) is 9.63 Å². The van der Waals surface area contributed by atoms with E-state index < -0.39 is 11.7 Å². The topological polar surface area (TPSA) is 29.5 Å². The fraction of sp³-hybridized carbons (Fsp3) is 0.750. The molecule has 0 aliphatic rings. The van der Waals surface area contributed by atoms with Gasteiger partial charge in [-0.3, -0.25) is 9.63 Å². The fourth-order valence-electron chi connectivity index (χ4n) is 1.30. The van der Waals surface area contributed by atoms with Crippen LogP contribution in [0.25, 0.3) is 0 Å². The summed E-state index contributed by atoms with van der Waals surface area (Å²) in [4.78, 5) is 15.8. The van der Waals surface area contributed by atoms with Gasteiger partial charge < -0.3 is 0 Å². The summed E-state index contributed by atoms with van der Waals surface area (Å²) in [6.45, 7) is 2.15. The van der Waals surface area contributed by atoms with Crippen LogP contribution in [0.15, 0.2) is 11.9 Å². The van der Waals surface area contributed by atoms with Gasteiger partial charge in [0.25, 0.3) is 0 Å². The summed E-state index contributed by atoms with van der Waals surface area (Å²) in [6, 6.07) is 0. The quantitative estimate of drug-likeness (QED) is 0.364. The van der Waals surface area contributed by atoms with Gasteiger partial charge >= 0.3 is 5.91 Å². The highest BCUT2D eigenvalue weighted by Crippen LogP contribution is 2.09. The van der Waals surface area contributed by atoms with Crippen molar-refractivity contribution in [3.05, 3.63) is 11.9 Å². The molecular formula is C12H22FNO2. The Morgan fingerprint density at radius 1 is 1.31 bits per heavy atom. The number of hydroxylamine groups is 2. The average molecular weight is 231 g/mol. The number of hydrogen-bond donors (Lipinski definition) is 0. The van der Waals surface area contributed by atoms with Gasteiger partial charge in [0.1, 0.15) is 0 Å². The minimum atomic E-state index is -0.736. The number of likely N-dealkylation sites (N-methyl/N-ethyl adjacent to an activating group) is 1. The molecule has 16 heavy (non-hydrogen) atoms. The predicted molar refractivity (Wildman–Crippen MR) is 62.3 cm³/mol. The molecule has 0 aliphatic carbocycles. The SMILES string of the molecule is CCCCCCC/C=C(/F)C(=O)N(C)OC. The lowest BCUT2D eigenvalue weighted by Gasteiger charge is -2.11. The Morgan fingerprint density at radius 3 is 2.50 bits per heavy atom. The Morgan fingerprint density at radius 2 is 1.94 bits per heavy atom. The molecule has 0 radical (unpaired) electrons. The van der Waals surface area contributed by atoms with E-state index in [-0.39, 0.29) is 0 Å². The molecule has 4 heteroatoms. The first-order valence-electron chi connectivity index (χ1n) is 5.81. The van der Waals surface area contributed by atoms with Gasteiger partial charge in [-0.05, 0) is 18.9 Å². The molecule has 0 aromatic rings. The number of unbranched alkanes of at least 4 members (excludes halogenated alkanes) is 5. The lowest BCUT2D eigenvalue weighted by molar-refractivity contribution is -0.165. The van der Waals surface area contributed by atoms with Crippen LogP contribution in [0.5, 0.6) is 0 Å². The molecule has 1 amide bonds. The van der Waals surface area contributed by atoms with Gasteiger partial charge in [0, 0.05) is 7.05 Å². The van der Waals surface area contributed by atoms with Crippen LogP contribution in [0.3, 0.4) is 0 Å². The average Bonchev–Trinajstić information content (AvgIpc) is 2.31. The van der Waals surface area contributed by atoms with Gasteiger partial charge in [0.05, 0.1) is 7.11 Å². The third-order valence-electron chi connectivity index (χ3n) is 2.40. The molecule has 0 atom stereocenters. The summed E-state index contributed by atoms with van der Waals surface area (Å²) in [7, 11) is 2.72. The van der Waals surface area contributed by atoms with E-state index in [2.05, 4.69) is 11.8 Å². The lowest BCUT2D eigenvalue weighted by atomic mass is 10.1. The first-order chi connectivity index (χ1) is 7.63. The van der Waals surface area contributed by atoms with Crippen molar-refractivity contribution in [3.8, 4) is 0 Å². The number of carbonyl (C=O) groups excluding carboxylic acids is 1. The van der Waals surface area contributed by atoms with Crippen molar-refractivity contribution >= 4 is 5.91 Å². The van der Waals surface area contributed by atoms with Gasteiger partial charge in [0.15, 0.2) is 5.83 Å². The van der Waals surface area contributed by atoms with E-state index in [4.69, 9.17) is 0 Å². The highest BCUT2D eigenvalue weighted by molar-refractivity contribution is 5.90. The van der Waals surface area contributed by atoms with Crippen molar-refractivity contribution in [2.45, 2.75) is 45.4 Å². The van der Waals surface area contributed by atoms with E-state index in [0.29, 0.717) is 6.42 Å². The van der Waals surface area contributed by atoms with Crippen LogP contribution in [0.2, 0.25) is 0 Å². The highest BCUT2D eigenvalue weighted by atomic mass is 19.1. The normalized spacial score (nSPS) is 11.6.